The third kappa shape index (κ3) is 3.89. The zero-order valence-corrected chi connectivity index (χ0v) is 16.3. The number of carbonyl (C=O) groups excluding carboxylic acids is 1. The second-order valence-corrected chi connectivity index (χ2v) is 7.66. The predicted molar refractivity (Wildman–Crippen MR) is 110 cm³/mol. The van der Waals surface area contributed by atoms with Crippen molar-refractivity contribution < 1.29 is 4.79 Å². The van der Waals surface area contributed by atoms with Crippen LogP contribution < -0.4 is 5.32 Å². The molecule has 4 aromatic rings. The highest BCUT2D eigenvalue weighted by molar-refractivity contribution is 7.15. The van der Waals surface area contributed by atoms with E-state index in [4.69, 9.17) is 11.6 Å². The van der Waals surface area contributed by atoms with Gasteiger partial charge in [0.05, 0.1) is 12.1 Å². The molecule has 0 fully saturated rings. The van der Waals surface area contributed by atoms with Gasteiger partial charge in [-0.1, -0.05) is 59.6 Å². The first-order chi connectivity index (χ1) is 13.1. The molecule has 0 unspecified atom stereocenters. The Balaban J connectivity index is 1.48. The molecule has 2 heterocycles. The van der Waals surface area contributed by atoms with Crippen LogP contribution in [0.15, 0.2) is 60.1 Å². The van der Waals surface area contributed by atoms with E-state index in [1.807, 2.05) is 40.2 Å². The normalized spacial score (nSPS) is 11.0. The molecule has 0 spiro atoms. The van der Waals surface area contributed by atoms with E-state index in [1.54, 1.807) is 11.3 Å². The molecule has 0 saturated heterocycles. The number of aromatic nitrogens is 2. The molecule has 1 N–H and O–H groups in total. The van der Waals surface area contributed by atoms with E-state index in [-0.39, 0.29) is 5.91 Å². The van der Waals surface area contributed by atoms with E-state index in [0.29, 0.717) is 18.0 Å². The van der Waals surface area contributed by atoms with Crippen LogP contribution in [-0.4, -0.2) is 15.3 Å². The fraction of sp³-hybridized carbons (Fsp3) is 0.143. The van der Waals surface area contributed by atoms with Crippen molar-refractivity contribution in [3.8, 4) is 11.3 Å². The second kappa shape index (κ2) is 7.55. The summed E-state index contributed by atoms with van der Waals surface area (Å²) in [5.74, 6) is -0.0415. The third-order valence-electron chi connectivity index (χ3n) is 4.41. The van der Waals surface area contributed by atoms with Gasteiger partial charge in [0.2, 0.25) is 5.91 Å². The molecule has 1 amide bonds. The van der Waals surface area contributed by atoms with Crippen LogP contribution in [0.1, 0.15) is 16.8 Å². The van der Waals surface area contributed by atoms with Crippen LogP contribution in [0.25, 0.3) is 16.2 Å². The smallest absolute Gasteiger partial charge is 0.226 e. The van der Waals surface area contributed by atoms with Crippen molar-refractivity contribution in [3.63, 3.8) is 0 Å². The number of hydrogen-bond acceptors (Lipinski definition) is 3. The van der Waals surface area contributed by atoms with Gasteiger partial charge in [-0.15, -0.1) is 11.3 Å². The number of fused-ring (bicyclic) bond motifs is 1. The maximum atomic E-state index is 12.4. The van der Waals surface area contributed by atoms with Crippen LogP contribution in [-0.2, 0) is 17.8 Å². The zero-order valence-electron chi connectivity index (χ0n) is 14.8. The Kier molecular flexibility index (Phi) is 4.97. The Bertz CT molecular complexity index is 1100. The van der Waals surface area contributed by atoms with Gasteiger partial charge in [-0.05, 0) is 18.6 Å². The monoisotopic (exact) mass is 395 g/mol. The standard InChI is InChI=1S/C21H18ClN3OS/c1-14-6-8-15(9-7-14)19-12-25-17(13-27-21(25)24-19)10-20(26)23-11-16-4-2-3-5-18(16)22/h2-9,12-13H,10-11H2,1H3,(H,23,26). The number of aryl methyl sites for hydroxylation is 1. The van der Waals surface area contributed by atoms with Crippen LogP contribution in [0.5, 0.6) is 0 Å². The number of halogens is 1. The lowest BCUT2D eigenvalue weighted by molar-refractivity contribution is -0.120. The minimum atomic E-state index is -0.0415. The summed E-state index contributed by atoms with van der Waals surface area (Å²) in [6, 6.07) is 15.8. The fourth-order valence-corrected chi connectivity index (χ4v) is 3.96. The van der Waals surface area contributed by atoms with Gasteiger partial charge < -0.3 is 5.32 Å². The third-order valence-corrected chi connectivity index (χ3v) is 5.66. The zero-order chi connectivity index (χ0) is 18.8. The van der Waals surface area contributed by atoms with Gasteiger partial charge in [0.25, 0.3) is 0 Å². The van der Waals surface area contributed by atoms with Gasteiger partial charge in [-0.25, -0.2) is 4.98 Å². The first kappa shape index (κ1) is 17.8. The molecule has 27 heavy (non-hydrogen) atoms. The maximum Gasteiger partial charge on any atom is 0.226 e. The Labute approximate surface area is 166 Å². The number of thiazole rings is 1. The molecule has 136 valence electrons. The number of carbonyl (C=O) groups is 1. The fourth-order valence-electron chi connectivity index (χ4n) is 2.88. The lowest BCUT2D eigenvalue weighted by atomic mass is 10.1. The highest BCUT2D eigenvalue weighted by atomic mass is 35.5. The van der Waals surface area contributed by atoms with Gasteiger partial charge in [-0.2, -0.15) is 0 Å². The first-order valence-electron chi connectivity index (χ1n) is 8.63. The molecule has 2 aromatic carbocycles. The Morgan fingerprint density at radius 1 is 1.19 bits per heavy atom. The summed E-state index contributed by atoms with van der Waals surface area (Å²) >= 11 is 7.68. The number of hydrogen-bond donors (Lipinski definition) is 1. The largest absolute Gasteiger partial charge is 0.352 e. The topological polar surface area (TPSA) is 46.4 Å². The number of amides is 1. The summed E-state index contributed by atoms with van der Waals surface area (Å²) in [6.07, 6.45) is 2.29. The summed E-state index contributed by atoms with van der Waals surface area (Å²) in [5.41, 5.74) is 5.05. The van der Waals surface area contributed by atoms with Gasteiger partial charge in [0.15, 0.2) is 4.96 Å². The quantitative estimate of drug-likeness (QED) is 0.523. The average Bonchev–Trinajstić information content (AvgIpc) is 3.24. The van der Waals surface area contributed by atoms with E-state index < -0.39 is 0 Å². The molecule has 0 saturated carbocycles. The molecule has 4 nitrogen and oxygen atoms in total. The van der Waals surface area contributed by atoms with E-state index in [1.165, 1.54) is 5.56 Å². The number of benzene rings is 2. The Morgan fingerprint density at radius 2 is 1.96 bits per heavy atom. The molecular formula is C21H18ClN3OS. The molecule has 0 aliphatic carbocycles. The average molecular weight is 396 g/mol. The molecule has 6 heteroatoms. The van der Waals surface area contributed by atoms with Crippen molar-refractivity contribution >= 4 is 33.8 Å². The Morgan fingerprint density at radius 3 is 2.74 bits per heavy atom. The summed E-state index contributed by atoms with van der Waals surface area (Å²) in [7, 11) is 0. The second-order valence-electron chi connectivity index (χ2n) is 6.42. The highest BCUT2D eigenvalue weighted by Crippen LogP contribution is 2.24. The molecule has 0 aliphatic rings. The number of nitrogens with one attached hydrogen (secondary N) is 1. The van der Waals surface area contributed by atoms with Crippen LogP contribution in [0.3, 0.4) is 0 Å². The van der Waals surface area contributed by atoms with E-state index in [9.17, 15) is 4.79 Å². The minimum absolute atomic E-state index is 0.0415. The van der Waals surface area contributed by atoms with Crippen molar-refractivity contribution in [1.29, 1.82) is 0 Å². The highest BCUT2D eigenvalue weighted by Gasteiger charge is 2.13. The van der Waals surface area contributed by atoms with E-state index in [2.05, 4.69) is 41.5 Å². The molecular weight excluding hydrogens is 378 g/mol. The molecule has 0 radical (unpaired) electrons. The van der Waals surface area contributed by atoms with Crippen molar-refractivity contribution in [1.82, 2.24) is 14.7 Å². The first-order valence-corrected chi connectivity index (χ1v) is 9.88. The van der Waals surface area contributed by atoms with E-state index in [0.717, 1.165) is 27.5 Å². The molecule has 0 aliphatic heterocycles. The number of nitrogens with zero attached hydrogens (tertiary/aromatic N) is 2. The molecule has 0 atom stereocenters. The molecule has 0 bridgehead atoms. The van der Waals surface area contributed by atoms with Gasteiger partial charge in [-0.3, -0.25) is 9.20 Å². The lowest BCUT2D eigenvalue weighted by Gasteiger charge is -2.06. The van der Waals surface area contributed by atoms with Gasteiger partial charge in [0, 0.05) is 34.4 Å². The van der Waals surface area contributed by atoms with Gasteiger partial charge >= 0.3 is 0 Å². The van der Waals surface area contributed by atoms with Crippen LogP contribution in [0.4, 0.5) is 0 Å². The van der Waals surface area contributed by atoms with Crippen molar-refractivity contribution in [2.45, 2.75) is 19.9 Å². The minimum Gasteiger partial charge on any atom is -0.352 e. The van der Waals surface area contributed by atoms with Gasteiger partial charge in [0.1, 0.15) is 0 Å². The van der Waals surface area contributed by atoms with Crippen LogP contribution in [0.2, 0.25) is 5.02 Å². The van der Waals surface area contributed by atoms with Crippen molar-refractivity contribution in [2.24, 2.45) is 0 Å². The number of rotatable bonds is 5. The maximum absolute atomic E-state index is 12.4. The number of imidazole rings is 1. The molecule has 4 rings (SSSR count). The summed E-state index contributed by atoms with van der Waals surface area (Å²) in [6.45, 7) is 2.49. The molecule has 2 aromatic heterocycles. The summed E-state index contributed by atoms with van der Waals surface area (Å²) < 4.78 is 1.99. The van der Waals surface area contributed by atoms with Crippen molar-refractivity contribution in [3.05, 3.63) is 82.0 Å². The summed E-state index contributed by atoms with van der Waals surface area (Å²) in [5, 5.41) is 5.58. The van der Waals surface area contributed by atoms with Crippen LogP contribution in [0, 0.1) is 6.92 Å². The summed E-state index contributed by atoms with van der Waals surface area (Å²) in [4.78, 5) is 17.9. The predicted octanol–water partition coefficient (Wildman–Crippen LogP) is 4.88. The van der Waals surface area contributed by atoms with Crippen LogP contribution >= 0.6 is 22.9 Å². The SMILES string of the molecule is Cc1ccc(-c2cn3c(CC(=O)NCc4ccccc4Cl)csc3n2)cc1. The Hall–Kier alpha value is -2.63. The van der Waals surface area contributed by atoms with E-state index >= 15 is 0 Å². The van der Waals surface area contributed by atoms with Crippen molar-refractivity contribution in [2.75, 3.05) is 0 Å². The lowest BCUT2D eigenvalue weighted by Crippen LogP contribution is -2.25.